The fourth-order valence-electron chi connectivity index (χ4n) is 5.53. The standard InChI is InChI=1S/C37H54O6/c1-4-6-8-9-10-11-12-17-21-36-34(40-28-30-18-15-13-16-19-30)27-26-33(43-36)32(38)23-25-35(41-29-39-3)37-24-22-31(42-37)20-14-7-5-2/h2,13,15-16,18-19,22-27,31-38H,4,6-12,14,17,20-21,28-29H2,1,3H3/t31-,32+,33+,34-,35+,36+,37+/m1/s1. The molecule has 3 rings (SSSR count). The lowest BCUT2D eigenvalue weighted by atomic mass is 9.99. The number of hydrogen-bond donors (Lipinski definition) is 1. The monoisotopic (exact) mass is 594 g/mol. The number of ether oxygens (including phenoxy) is 5. The second kappa shape index (κ2) is 21.5. The molecule has 0 saturated carbocycles. The van der Waals surface area contributed by atoms with Crippen molar-refractivity contribution in [2.45, 2.75) is 133 Å². The molecule has 7 atom stereocenters. The van der Waals surface area contributed by atoms with Crippen LogP contribution in [0.25, 0.3) is 0 Å². The van der Waals surface area contributed by atoms with E-state index in [0.29, 0.717) is 6.61 Å². The van der Waals surface area contributed by atoms with E-state index in [0.717, 1.165) is 37.7 Å². The molecule has 0 unspecified atom stereocenters. The van der Waals surface area contributed by atoms with Gasteiger partial charge in [-0.3, -0.25) is 0 Å². The Bertz CT molecular complexity index is 983. The summed E-state index contributed by atoms with van der Waals surface area (Å²) in [5.74, 6) is 2.68. The van der Waals surface area contributed by atoms with Crippen molar-refractivity contribution in [3.05, 3.63) is 72.4 Å². The van der Waals surface area contributed by atoms with Gasteiger partial charge in [-0.25, -0.2) is 0 Å². The van der Waals surface area contributed by atoms with Crippen molar-refractivity contribution in [1.82, 2.24) is 0 Å². The number of benzene rings is 1. The van der Waals surface area contributed by atoms with Gasteiger partial charge in [0.25, 0.3) is 0 Å². The van der Waals surface area contributed by atoms with Crippen LogP contribution >= 0.6 is 0 Å². The molecule has 43 heavy (non-hydrogen) atoms. The molecule has 2 aliphatic heterocycles. The first-order valence-corrected chi connectivity index (χ1v) is 16.4. The van der Waals surface area contributed by atoms with E-state index >= 15 is 0 Å². The Morgan fingerprint density at radius 1 is 0.884 bits per heavy atom. The number of unbranched alkanes of at least 4 members (excludes halogenated alkanes) is 8. The molecule has 2 aliphatic rings. The average Bonchev–Trinajstić information content (AvgIpc) is 3.51. The topological polar surface area (TPSA) is 66.4 Å². The Morgan fingerprint density at radius 2 is 1.63 bits per heavy atom. The Morgan fingerprint density at radius 3 is 2.37 bits per heavy atom. The first kappa shape index (κ1) is 35.2. The number of aliphatic hydroxyl groups excluding tert-OH is 1. The summed E-state index contributed by atoms with van der Waals surface area (Å²) in [7, 11) is 1.59. The Balaban J connectivity index is 1.56. The average molecular weight is 595 g/mol. The minimum Gasteiger partial charge on any atom is -0.386 e. The normalized spacial score (nSPS) is 24.8. The van der Waals surface area contributed by atoms with Crippen molar-refractivity contribution in [3.8, 4) is 12.3 Å². The van der Waals surface area contributed by atoms with Gasteiger partial charge in [0.1, 0.15) is 37.3 Å². The van der Waals surface area contributed by atoms with E-state index in [2.05, 4.69) is 37.1 Å². The Hall–Kier alpha value is -2.24. The number of hydrogen-bond acceptors (Lipinski definition) is 6. The maximum absolute atomic E-state index is 11.1. The molecule has 0 aromatic heterocycles. The van der Waals surface area contributed by atoms with Crippen LogP contribution in [-0.2, 0) is 30.3 Å². The van der Waals surface area contributed by atoms with Gasteiger partial charge in [-0.05, 0) is 24.8 Å². The van der Waals surface area contributed by atoms with Gasteiger partial charge in [0.2, 0.25) is 0 Å². The highest BCUT2D eigenvalue weighted by Crippen LogP contribution is 2.26. The zero-order chi connectivity index (χ0) is 30.5. The van der Waals surface area contributed by atoms with Gasteiger partial charge in [-0.15, -0.1) is 12.3 Å². The van der Waals surface area contributed by atoms with E-state index in [-0.39, 0.29) is 31.2 Å². The highest BCUT2D eigenvalue weighted by molar-refractivity contribution is 5.15. The summed E-state index contributed by atoms with van der Waals surface area (Å²) in [6, 6.07) is 10.2. The number of terminal acetylenes is 1. The van der Waals surface area contributed by atoms with Gasteiger partial charge in [0.05, 0.1) is 18.8 Å². The molecule has 6 heteroatoms. The molecule has 0 saturated heterocycles. The predicted molar refractivity (Wildman–Crippen MR) is 172 cm³/mol. The van der Waals surface area contributed by atoms with E-state index in [1.165, 1.54) is 44.9 Å². The largest absolute Gasteiger partial charge is 0.386 e. The summed E-state index contributed by atoms with van der Waals surface area (Å²) >= 11 is 0. The van der Waals surface area contributed by atoms with Crippen LogP contribution in [0.5, 0.6) is 0 Å². The van der Waals surface area contributed by atoms with Crippen LogP contribution in [0.3, 0.4) is 0 Å². The van der Waals surface area contributed by atoms with Crippen molar-refractivity contribution < 1.29 is 28.8 Å². The van der Waals surface area contributed by atoms with E-state index in [1.54, 1.807) is 13.2 Å². The summed E-state index contributed by atoms with van der Waals surface area (Å²) in [6.07, 6.45) is 28.3. The molecule has 0 radical (unpaired) electrons. The van der Waals surface area contributed by atoms with Crippen LogP contribution in [-0.4, -0.2) is 61.7 Å². The van der Waals surface area contributed by atoms with Crippen molar-refractivity contribution in [3.63, 3.8) is 0 Å². The molecule has 2 heterocycles. The van der Waals surface area contributed by atoms with E-state index in [4.69, 9.17) is 30.1 Å². The third-order valence-corrected chi connectivity index (χ3v) is 8.01. The highest BCUT2D eigenvalue weighted by Gasteiger charge is 2.31. The molecular formula is C37H54O6. The SMILES string of the molecule is C#CCCC[C@@H]1C=C[C@@H]([C@H](C=C[C@H](O)[C@@H]2C=C[C@@H](OCc3ccccc3)[C@H](CCCCCCCCCC)O2)OCOC)O1. The second-order valence-electron chi connectivity index (χ2n) is 11.6. The minimum atomic E-state index is -0.835. The molecule has 1 aromatic rings. The number of rotatable bonds is 22. The van der Waals surface area contributed by atoms with E-state index in [1.807, 2.05) is 36.4 Å². The fraction of sp³-hybridized carbons (Fsp3) is 0.622. The number of aliphatic hydroxyl groups is 1. The lowest BCUT2D eigenvalue weighted by Gasteiger charge is -2.34. The summed E-state index contributed by atoms with van der Waals surface area (Å²) in [4.78, 5) is 0. The lowest BCUT2D eigenvalue weighted by Crippen LogP contribution is -2.41. The van der Waals surface area contributed by atoms with Crippen LogP contribution in [0.15, 0.2) is 66.8 Å². The third kappa shape index (κ3) is 13.5. The molecule has 238 valence electrons. The van der Waals surface area contributed by atoms with Crippen molar-refractivity contribution in [2.75, 3.05) is 13.9 Å². The summed E-state index contributed by atoms with van der Waals surface area (Å²) < 4.78 is 30.0. The maximum Gasteiger partial charge on any atom is 0.147 e. The molecule has 0 amide bonds. The quantitative estimate of drug-likeness (QED) is 0.0651. The number of methoxy groups -OCH3 is 1. The molecule has 0 aliphatic carbocycles. The zero-order valence-electron chi connectivity index (χ0n) is 26.4. The Kier molecular flexibility index (Phi) is 17.6. The molecule has 0 bridgehead atoms. The van der Waals surface area contributed by atoms with Crippen molar-refractivity contribution in [2.24, 2.45) is 0 Å². The molecule has 1 N–H and O–H groups in total. The Labute approximate surface area is 260 Å². The first-order valence-electron chi connectivity index (χ1n) is 16.4. The van der Waals surface area contributed by atoms with Gasteiger partial charge >= 0.3 is 0 Å². The smallest absolute Gasteiger partial charge is 0.147 e. The maximum atomic E-state index is 11.1. The van der Waals surface area contributed by atoms with Gasteiger partial charge in [-0.2, -0.15) is 0 Å². The highest BCUT2D eigenvalue weighted by atomic mass is 16.7. The van der Waals surface area contributed by atoms with Crippen LogP contribution < -0.4 is 0 Å². The first-order chi connectivity index (χ1) is 21.1. The van der Waals surface area contributed by atoms with Crippen molar-refractivity contribution >= 4 is 0 Å². The molecule has 1 aromatic carbocycles. The molecular weight excluding hydrogens is 540 g/mol. The third-order valence-electron chi connectivity index (χ3n) is 8.01. The molecule has 0 fully saturated rings. The summed E-state index contributed by atoms with van der Waals surface area (Å²) in [5.41, 5.74) is 1.13. The second-order valence-corrected chi connectivity index (χ2v) is 11.6. The summed E-state index contributed by atoms with van der Waals surface area (Å²) in [6.45, 7) is 2.90. The predicted octanol–water partition coefficient (Wildman–Crippen LogP) is 7.46. The van der Waals surface area contributed by atoms with Crippen LogP contribution in [0, 0.1) is 12.3 Å². The van der Waals surface area contributed by atoms with Gasteiger partial charge in [-0.1, -0.05) is 125 Å². The van der Waals surface area contributed by atoms with Crippen LogP contribution in [0.1, 0.15) is 89.5 Å². The van der Waals surface area contributed by atoms with Gasteiger partial charge in [0, 0.05) is 13.5 Å². The van der Waals surface area contributed by atoms with Gasteiger partial charge < -0.3 is 28.8 Å². The fourth-order valence-corrected chi connectivity index (χ4v) is 5.53. The minimum absolute atomic E-state index is 0.0137. The van der Waals surface area contributed by atoms with E-state index < -0.39 is 18.3 Å². The van der Waals surface area contributed by atoms with Gasteiger partial charge in [0.15, 0.2) is 0 Å². The van der Waals surface area contributed by atoms with Crippen LogP contribution in [0.2, 0.25) is 0 Å². The lowest BCUT2D eigenvalue weighted by molar-refractivity contribution is -0.113. The molecule has 6 nitrogen and oxygen atoms in total. The van der Waals surface area contributed by atoms with Crippen molar-refractivity contribution in [1.29, 1.82) is 0 Å². The molecule has 0 spiro atoms. The van der Waals surface area contributed by atoms with E-state index in [9.17, 15) is 5.11 Å². The van der Waals surface area contributed by atoms with Crippen LogP contribution in [0.4, 0.5) is 0 Å². The zero-order valence-corrected chi connectivity index (χ0v) is 26.4. The summed E-state index contributed by atoms with van der Waals surface area (Å²) in [5, 5.41) is 11.1.